The second-order valence-corrected chi connectivity index (χ2v) is 8.46. The van der Waals surface area contributed by atoms with Gasteiger partial charge in [0.25, 0.3) is 0 Å². The Morgan fingerprint density at radius 3 is 2.94 bits per heavy atom. The highest BCUT2D eigenvalue weighted by Gasteiger charge is 2.58. The number of aromatic nitrogens is 1. The zero-order valence-electron chi connectivity index (χ0n) is 17.8. The second kappa shape index (κ2) is 8.67. The van der Waals surface area contributed by atoms with Gasteiger partial charge < -0.3 is 14.6 Å². The Bertz CT molecular complexity index is 1000. The van der Waals surface area contributed by atoms with E-state index < -0.39 is 18.0 Å². The van der Waals surface area contributed by atoms with E-state index in [1.165, 1.54) is 0 Å². The lowest BCUT2D eigenvalue weighted by atomic mass is 9.60. The zero-order valence-corrected chi connectivity index (χ0v) is 17.8. The first-order chi connectivity index (χ1) is 15.0. The lowest BCUT2D eigenvalue weighted by molar-refractivity contribution is -0.188. The highest BCUT2D eigenvalue weighted by atomic mass is 16.5. The largest absolute Gasteiger partial charge is 0.497 e. The van der Waals surface area contributed by atoms with E-state index in [0.29, 0.717) is 5.75 Å². The third kappa shape index (κ3) is 4.02. The Kier molecular flexibility index (Phi) is 5.96. The molecule has 1 N–H and O–H groups in total. The molecule has 2 bridgehead atoms. The molecule has 0 aliphatic carbocycles. The Morgan fingerprint density at radius 2 is 2.23 bits per heavy atom. The maximum Gasteiger partial charge on any atom is 0.307 e. The standard InChI is InChI=1S/C24H28N2O5/c1-3-10-24-11-4-13-26(15-24)23(24)22(31-21(29)8-7-20(27)28)17-9-12-25-19-6-5-16(30-2)14-18(17)19/h3,5-6,9,12,14,22-23H,1,4,7-8,10-11,13,15H2,2H3,(H,27,28). The molecule has 164 valence electrons. The van der Waals surface area contributed by atoms with Crippen LogP contribution in [0.5, 0.6) is 5.75 Å². The predicted octanol–water partition coefficient (Wildman–Crippen LogP) is 3.73. The Morgan fingerprint density at radius 1 is 1.39 bits per heavy atom. The predicted molar refractivity (Wildman–Crippen MR) is 116 cm³/mol. The van der Waals surface area contributed by atoms with E-state index in [-0.39, 0.29) is 24.3 Å². The van der Waals surface area contributed by atoms with Crippen LogP contribution in [0, 0.1) is 5.41 Å². The molecule has 2 aliphatic rings. The highest BCUT2D eigenvalue weighted by molar-refractivity contribution is 5.84. The number of carbonyl (C=O) groups excluding carboxylic acids is 1. The van der Waals surface area contributed by atoms with Crippen molar-refractivity contribution in [3.8, 4) is 5.75 Å². The summed E-state index contributed by atoms with van der Waals surface area (Å²) in [6.07, 6.45) is 5.77. The van der Waals surface area contributed by atoms with Crippen LogP contribution in [-0.4, -0.2) is 53.2 Å². The molecule has 2 aliphatic heterocycles. The monoisotopic (exact) mass is 424 g/mol. The molecular formula is C24H28N2O5. The van der Waals surface area contributed by atoms with Crippen LogP contribution >= 0.6 is 0 Å². The van der Waals surface area contributed by atoms with Gasteiger partial charge in [-0.2, -0.15) is 0 Å². The number of esters is 1. The van der Waals surface area contributed by atoms with Crippen LogP contribution < -0.4 is 4.74 Å². The maximum atomic E-state index is 12.7. The number of carbonyl (C=O) groups is 2. The van der Waals surface area contributed by atoms with Crippen LogP contribution in [-0.2, 0) is 14.3 Å². The molecule has 1 aromatic carbocycles. The number of fused-ring (bicyclic) bond motifs is 3. The van der Waals surface area contributed by atoms with Crippen LogP contribution in [0.4, 0.5) is 0 Å². The van der Waals surface area contributed by atoms with E-state index >= 15 is 0 Å². The number of nitrogens with zero attached hydrogens (tertiary/aromatic N) is 2. The average Bonchev–Trinajstić information content (AvgIpc) is 2.76. The van der Waals surface area contributed by atoms with Gasteiger partial charge >= 0.3 is 11.9 Å². The van der Waals surface area contributed by atoms with Crippen LogP contribution in [0.3, 0.4) is 0 Å². The van der Waals surface area contributed by atoms with Crippen molar-refractivity contribution in [3.63, 3.8) is 0 Å². The van der Waals surface area contributed by atoms with Gasteiger partial charge in [-0.15, -0.1) is 6.58 Å². The molecule has 2 fully saturated rings. The number of carboxylic acids is 1. The zero-order chi connectivity index (χ0) is 22.0. The number of pyridine rings is 1. The summed E-state index contributed by atoms with van der Waals surface area (Å²) in [5, 5.41) is 9.85. The molecule has 4 atom stereocenters. The first-order valence-electron chi connectivity index (χ1n) is 10.7. The van der Waals surface area contributed by atoms with Crippen LogP contribution in [0.2, 0.25) is 0 Å². The number of hydrogen-bond donors (Lipinski definition) is 1. The molecule has 1 aromatic heterocycles. The number of ether oxygens (including phenoxy) is 2. The highest BCUT2D eigenvalue weighted by Crippen LogP contribution is 2.54. The number of carboxylic acid groups (broad SMARTS) is 1. The van der Waals surface area contributed by atoms with Crippen molar-refractivity contribution in [1.29, 1.82) is 0 Å². The summed E-state index contributed by atoms with van der Waals surface area (Å²) in [7, 11) is 1.61. The van der Waals surface area contributed by atoms with Crippen LogP contribution in [0.25, 0.3) is 10.9 Å². The molecule has 4 unspecified atom stereocenters. The molecule has 0 radical (unpaired) electrons. The lowest BCUT2D eigenvalue weighted by Gasteiger charge is -2.63. The van der Waals surface area contributed by atoms with E-state index in [1.54, 1.807) is 13.3 Å². The summed E-state index contributed by atoms with van der Waals surface area (Å²) in [5.74, 6) is -0.812. The number of aliphatic carboxylic acids is 1. The minimum absolute atomic E-state index is 0.00616. The van der Waals surface area contributed by atoms with Gasteiger partial charge in [-0.25, -0.2) is 0 Å². The molecule has 3 heterocycles. The van der Waals surface area contributed by atoms with E-state index in [1.807, 2.05) is 30.3 Å². The summed E-state index contributed by atoms with van der Waals surface area (Å²) in [6, 6.07) is 7.58. The molecular weight excluding hydrogens is 396 g/mol. The van der Waals surface area contributed by atoms with Crippen molar-refractivity contribution in [2.75, 3.05) is 20.2 Å². The Labute approximate surface area is 181 Å². The molecule has 2 saturated heterocycles. The maximum absolute atomic E-state index is 12.7. The number of allylic oxidation sites excluding steroid dienone is 1. The summed E-state index contributed by atoms with van der Waals surface area (Å²) < 4.78 is 11.4. The van der Waals surface area contributed by atoms with Gasteiger partial charge in [0.05, 0.1) is 31.5 Å². The summed E-state index contributed by atoms with van der Waals surface area (Å²) in [5.41, 5.74) is 1.67. The topological polar surface area (TPSA) is 89.0 Å². The molecule has 0 spiro atoms. The third-order valence-electron chi connectivity index (χ3n) is 6.59. The first kappa shape index (κ1) is 21.3. The van der Waals surface area contributed by atoms with E-state index in [2.05, 4.69) is 16.5 Å². The summed E-state index contributed by atoms with van der Waals surface area (Å²) in [4.78, 5) is 30.4. The van der Waals surface area contributed by atoms with Gasteiger partial charge in [0, 0.05) is 29.1 Å². The van der Waals surface area contributed by atoms with Crippen molar-refractivity contribution in [2.45, 2.75) is 44.2 Å². The minimum atomic E-state index is -1.01. The number of piperidine rings is 2. The van der Waals surface area contributed by atoms with Crippen molar-refractivity contribution >= 4 is 22.8 Å². The molecule has 7 heteroatoms. The fraction of sp³-hybridized carbons (Fsp3) is 0.458. The van der Waals surface area contributed by atoms with E-state index in [0.717, 1.165) is 48.8 Å². The van der Waals surface area contributed by atoms with E-state index in [4.69, 9.17) is 14.6 Å². The fourth-order valence-corrected chi connectivity index (χ4v) is 5.27. The number of methoxy groups -OCH3 is 1. The van der Waals surface area contributed by atoms with Crippen molar-refractivity contribution in [3.05, 3.63) is 48.7 Å². The number of rotatable bonds is 9. The summed E-state index contributed by atoms with van der Waals surface area (Å²) >= 11 is 0. The normalized spacial score (nSPS) is 25.3. The molecule has 7 nitrogen and oxygen atoms in total. The molecule has 4 rings (SSSR count). The van der Waals surface area contributed by atoms with Gasteiger partial charge in [0.1, 0.15) is 11.9 Å². The van der Waals surface area contributed by atoms with Crippen LogP contribution in [0.1, 0.15) is 43.8 Å². The Hall–Kier alpha value is -2.93. The SMILES string of the molecule is C=CCC12CCCN(C1)C2C(OC(=O)CCC(=O)O)c1ccnc2ccc(OC)cc12. The lowest BCUT2D eigenvalue weighted by Crippen LogP contribution is -2.69. The van der Waals surface area contributed by atoms with Gasteiger partial charge in [-0.05, 0) is 50.1 Å². The molecule has 2 aromatic rings. The number of hydrogen-bond acceptors (Lipinski definition) is 6. The van der Waals surface area contributed by atoms with Crippen molar-refractivity contribution in [2.24, 2.45) is 5.41 Å². The smallest absolute Gasteiger partial charge is 0.307 e. The van der Waals surface area contributed by atoms with Crippen molar-refractivity contribution < 1.29 is 24.2 Å². The number of benzene rings is 1. The van der Waals surface area contributed by atoms with Crippen LogP contribution in [0.15, 0.2) is 43.1 Å². The second-order valence-electron chi connectivity index (χ2n) is 8.46. The van der Waals surface area contributed by atoms with Gasteiger partial charge in [-0.3, -0.25) is 19.5 Å². The minimum Gasteiger partial charge on any atom is -0.497 e. The van der Waals surface area contributed by atoms with Crippen molar-refractivity contribution in [1.82, 2.24) is 9.88 Å². The van der Waals surface area contributed by atoms with Gasteiger partial charge in [-0.1, -0.05) is 6.08 Å². The third-order valence-corrected chi connectivity index (χ3v) is 6.59. The molecule has 31 heavy (non-hydrogen) atoms. The molecule has 0 saturated carbocycles. The van der Waals surface area contributed by atoms with E-state index in [9.17, 15) is 9.59 Å². The summed E-state index contributed by atoms with van der Waals surface area (Å²) in [6.45, 7) is 5.87. The van der Waals surface area contributed by atoms with Gasteiger partial charge in [0.15, 0.2) is 0 Å². The fourth-order valence-electron chi connectivity index (χ4n) is 5.27. The quantitative estimate of drug-likeness (QED) is 0.485. The molecule has 0 amide bonds. The average molecular weight is 424 g/mol. The first-order valence-corrected chi connectivity index (χ1v) is 10.7. The Balaban J connectivity index is 1.76. The van der Waals surface area contributed by atoms with Gasteiger partial charge in [0.2, 0.25) is 0 Å².